The van der Waals surface area contributed by atoms with Gasteiger partial charge in [-0.05, 0) is 25.1 Å². The van der Waals surface area contributed by atoms with E-state index in [9.17, 15) is 13.2 Å². The zero-order chi connectivity index (χ0) is 15.5. The van der Waals surface area contributed by atoms with Crippen molar-refractivity contribution in [3.05, 3.63) is 28.8 Å². The Morgan fingerprint density at radius 2 is 2.19 bits per heavy atom. The molecule has 118 valence electrons. The first-order valence-corrected chi connectivity index (χ1v) is 7.03. The summed E-state index contributed by atoms with van der Waals surface area (Å²) in [4.78, 5) is 0. The number of methoxy groups -OCH3 is 1. The van der Waals surface area contributed by atoms with Crippen LogP contribution in [0.5, 0.6) is 5.75 Å². The summed E-state index contributed by atoms with van der Waals surface area (Å²) < 4.78 is 50.0. The van der Waals surface area contributed by atoms with Crippen LogP contribution in [-0.2, 0) is 10.9 Å². The van der Waals surface area contributed by atoms with Crippen molar-refractivity contribution >= 4 is 11.6 Å². The first kappa shape index (κ1) is 16.4. The smallest absolute Gasteiger partial charge is 0.421 e. The Bertz CT molecular complexity index is 476. The Hall–Kier alpha value is -0.980. The van der Waals surface area contributed by atoms with Gasteiger partial charge in [0.2, 0.25) is 0 Å². The minimum atomic E-state index is -4.56. The summed E-state index contributed by atoms with van der Waals surface area (Å²) in [5, 5.41) is 2.81. The number of benzene rings is 1. The van der Waals surface area contributed by atoms with E-state index in [1.807, 2.05) is 0 Å². The van der Waals surface area contributed by atoms with Crippen LogP contribution >= 0.6 is 11.6 Å². The van der Waals surface area contributed by atoms with Crippen LogP contribution in [0.3, 0.4) is 0 Å². The first-order valence-electron chi connectivity index (χ1n) is 6.65. The van der Waals surface area contributed by atoms with Crippen molar-refractivity contribution in [1.82, 2.24) is 5.32 Å². The van der Waals surface area contributed by atoms with Gasteiger partial charge in [-0.2, -0.15) is 13.2 Å². The third-order valence-electron chi connectivity index (χ3n) is 3.49. The van der Waals surface area contributed by atoms with Crippen molar-refractivity contribution in [1.29, 1.82) is 0 Å². The molecule has 0 bridgehead atoms. The van der Waals surface area contributed by atoms with Gasteiger partial charge in [-0.15, -0.1) is 0 Å². The van der Waals surface area contributed by atoms with Crippen molar-refractivity contribution in [2.45, 2.75) is 18.7 Å². The Labute approximate surface area is 126 Å². The highest BCUT2D eigenvalue weighted by Crippen LogP contribution is 2.41. The SMILES string of the molecule is COC[C@H](Oc1cccc(Cl)c1C(F)(F)F)[C@H]1CCNC1. The zero-order valence-corrected chi connectivity index (χ0v) is 12.3. The summed E-state index contributed by atoms with van der Waals surface area (Å²) in [7, 11) is 1.50. The molecular formula is C14H17ClF3NO2. The van der Waals surface area contributed by atoms with Crippen molar-refractivity contribution < 1.29 is 22.6 Å². The van der Waals surface area contributed by atoms with Crippen LogP contribution in [0.2, 0.25) is 5.02 Å². The summed E-state index contributed by atoms with van der Waals surface area (Å²) in [6.07, 6.45) is -4.15. The summed E-state index contributed by atoms with van der Waals surface area (Å²) in [6.45, 7) is 1.77. The second kappa shape index (κ2) is 6.85. The van der Waals surface area contributed by atoms with Crippen LogP contribution in [0, 0.1) is 5.92 Å². The maximum absolute atomic E-state index is 13.1. The highest BCUT2D eigenvalue weighted by Gasteiger charge is 2.38. The third-order valence-corrected chi connectivity index (χ3v) is 3.81. The molecule has 0 aliphatic carbocycles. The lowest BCUT2D eigenvalue weighted by Gasteiger charge is -2.25. The van der Waals surface area contributed by atoms with Gasteiger partial charge in [0, 0.05) is 19.6 Å². The average Bonchev–Trinajstić information content (AvgIpc) is 2.90. The second-order valence-electron chi connectivity index (χ2n) is 4.98. The molecule has 3 nitrogen and oxygen atoms in total. The number of nitrogens with one attached hydrogen (secondary N) is 1. The molecule has 7 heteroatoms. The standard InChI is InChI=1S/C14H17ClF3NO2/c1-20-8-12(9-5-6-19-7-9)21-11-4-2-3-10(15)13(11)14(16,17)18/h2-4,9,12,19H,5-8H2,1H3/t9-,12-/m0/s1. The van der Waals surface area contributed by atoms with E-state index < -0.39 is 17.8 Å². The zero-order valence-electron chi connectivity index (χ0n) is 11.5. The fourth-order valence-electron chi connectivity index (χ4n) is 2.47. The summed E-state index contributed by atoms with van der Waals surface area (Å²) in [5.41, 5.74) is -0.932. The number of hydrogen-bond acceptors (Lipinski definition) is 3. The van der Waals surface area contributed by atoms with E-state index in [-0.39, 0.29) is 23.3 Å². The summed E-state index contributed by atoms with van der Waals surface area (Å²) in [6, 6.07) is 3.95. The van der Waals surface area contributed by atoms with Crippen LogP contribution in [0.15, 0.2) is 18.2 Å². The van der Waals surface area contributed by atoms with E-state index >= 15 is 0 Å². The van der Waals surface area contributed by atoms with Gasteiger partial charge in [-0.25, -0.2) is 0 Å². The lowest BCUT2D eigenvalue weighted by molar-refractivity contribution is -0.139. The molecule has 0 aromatic heterocycles. The van der Waals surface area contributed by atoms with Gasteiger partial charge in [-0.1, -0.05) is 17.7 Å². The molecule has 1 aromatic rings. The molecule has 1 heterocycles. The van der Waals surface area contributed by atoms with Crippen LogP contribution in [0.4, 0.5) is 13.2 Å². The van der Waals surface area contributed by atoms with E-state index in [4.69, 9.17) is 21.1 Å². The van der Waals surface area contributed by atoms with Crippen molar-refractivity contribution in [3.8, 4) is 5.75 Å². The largest absolute Gasteiger partial charge is 0.487 e. The monoisotopic (exact) mass is 323 g/mol. The molecular weight excluding hydrogens is 307 g/mol. The minimum absolute atomic E-state index is 0.116. The van der Waals surface area contributed by atoms with Crippen LogP contribution in [0.25, 0.3) is 0 Å². The van der Waals surface area contributed by atoms with Crippen molar-refractivity contribution in [2.24, 2.45) is 5.92 Å². The van der Waals surface area contributed by atoms with E-state index in [0.29, 0.717) is 6.54 Å². The topological polar surface area (TPSA) is 30.5 Å². The molecule has 0 spiro atoms. The van der Waals surface area contributed by atoms with Crippen molar-refractivity contribution in [3.63, 3.8) is 0 Å². The Kier molecular flexibility index (Phi) is 5.35. The van der Waals surface area contributed by atoms with Gasteiger partial charge >= 0.3 is 6.18 Å². The minimum Gasteiger partial charge on any atom is -0.487 e. The molecule has 0 radical (unpaired) electrons. The molecule has 1 aliphatic heterocycles. The molecule has 1 N–H and O–H groups in total. The van der Waals surface area contributed by atoms with Gasteiger partial charge < -0.3 is 14.8 Å². The molecule has 1 aliphatic rings. The van der Waals surface area contributed by atoms with Crippen molar-refractivity contribution in [2.75, 3.05) is 26.8 Å². The number of hydrogen-bond donors (Lipinski definition) is 1. The van der Waals surface area contributed by atoms with E-state index in [0.717, 1.165) is 13.0 Å². The van der Waals surface area contributed by atoms with Crippen LogP contribution in [0.1, 0.15) is 12.0 Å². The summed E-state index contributed by atoms with van der Waals surface area (Å²) in [5.74, 6) is -0.131. The molecule has 2 rings (SSSR count). The average molecular weight is 324 g/mol. The maximum Gasteiger partial charge on any atom is 0.421 e. The Morgan fingerprint density at radius 1 is 1.43 bits per heavy atom. The Morgan fingerprint density at radius 3 is 2.76 bits per heavy atom. The molecule has 1 saturated heterocycles. The fraction of sp³-hybridized carbons (Fsp3) is 0.571. The molecule has 1 aromatic carbocycles. The third kappa shape index (κ3) is 4.02. The predicted octanol–water partition coefficient (Wildman–Crippen LogP) is 3.36. The normalized spacial score (nSPS) is 20.5. The van der Waals surface area contributed by atoms with E-state index in [2.05, 4.69) is 5.32 Å². The van der Waals surface area contributed by atoms with E-state index in [1.54, 1.807) is 0 Å². The fourth-order valence-corrected chi connectivity index (χ4v) is 2.74. The highest BCUT2D eigenvalue weighted by atomic mass is 35.5. The molecule has 0 amide bonds. The number of ether oxygens (including phenoxy) is 2. The lowest BCUT2D eigenvalue weighted by atomic mass is 10.0. The lowest BCUT2D eigenvalue weighted by Crippen LogP contribution is -2.33. The molecule has 21 heavy (non-hydrogen) atoms. The number of rotatable bonds is 5. The maximum atomic E-state index is 13.1. The van der Waals surface area contributed by atoms with Gasteiger partial charge in [0.15, 0.2) is 0 Å². The Balaban J connectivity index is 2.26. The first-order chi connectivity index (χ1) is 9.93. The van der Waals surface area contributed by atoms with Gasteiger partial charge in [0.05, 0.1) is 11.6 Å². The molecule has 0 saturated carbocycles. The highest BCUT2D eigenvalue weighted by molar-refractivity contribution is 6.31. The van der Waals surface area contributed by atoms with Gasteiger partial charge in [0.1, 0.15) is 17.4 Å². The van der Waals surface area contributed by atoms with Gasteiger partial charge in [0.25, 0.3) is 0 Å². The second-order valence-corrected chi connectivity index (χ2v) is 5.38. The molecule has 0 unspecified atom stereocenters. The number of halogens is 4. The molecule has 1 fully saturated rings. The van der Waals surface area contributed by atoms with Crippen LogP contribution in [-0.4, -0.2) is 32.9 Å². The van der Waals surface area contributed by atoms with Gasteiger partial charge in [-0.3, -0.25) is 0 Å². The molecule has 2 atom stereocenters. The summed E-state index contributed by atoms with van der Waals surface area (Å²) >= 11 is 5.69. The van der Waals surface area contributed by atoms with Crippen LogP contribution < -0.4 is 10.1 Å². The predicted molar refractivity (Wildman–Crippen MR) is 73.7 cm³/mol. The number of alkyl halides is 3. The quantitative estimate of drug-likeness (QED) is 0.901. The van der Waals surface area contributed by atoms with E-state index in [1.165, 1.54) is 25.3 Å².